The lowest BCUT2D eigenvalue weighted by Gasteiger charge is -2.40. The highest BCUT2D eigenvalue weighted by Crippen LogP contribution is 2.58. The van der Waals surface area contributed by atoms with Crippen LogP contribution in [0.2, 0.25) is 0 Å². The summed E-state index contributed by atoms with van der Waals surface area (Å²) in [5.41, 5.74) is 1.34. The summed E-state index contributed by atoms with van der Waals surface area (Å²) in [6.45, 7) is 9.35. The minimum atomic E-state index is -3.35. The van der Waals surface area contributed by atoms with Gasteiger partial charge in [0.1, 0.15) is 0 Å². The van der Waals surface area contributed by atoms with Crippen LogP contribution >= 0.6 is 0 Å². The van der Waals surface area contributed by atoms with Crippen molar-refractivity contribution in [1.82, 2.24) is 0 Å². The highest BCUT2D eigenvalue weighted by Gasteiger charge is 2.48. The molecule has 1 aromatic rings. The van der Waals surface area contributed by atoms with E-state index in [2.05, 4.69) is 27.7 Å². The zero-order valence-corrected chi connectivity index (χ0v) is 18.3. The number of hydrogen-bond acceptors (Lipinski definition) is 2. The summed E-state index contributed by atoms with van der Waals surface area (Å²) in [4.78, 5) is 1.21. The molecular formula is C24H36O2S. The van der Waals surface area contributed by atoms with Crippen molar-refractivity contribution in [3.8, 4) is 0 Å². The molecule has 0 amide bonds. The number of hydrogen-bond donors (Lipinski definition) is 0. The molecule has 0 unspecified atom stereocenters. The highest BCUT2D eigenvalue weighted by atomic mass is 32.2. The standard InChI is InChI=1S/C24H36O2S/c1-18(2)10-8-11-19(3)21-15-16-22-23(14-9-17-24(21,22)4)27(25,26)20-12-6-5-7-13-20/h5-7,12-13,18-19,21H,8-11,14-17H2,1-4H3/t19-,21-,24-/m1/s1. The first kappa shape index (κ1) is 20.6. The Labute approximate surface area is 166 Å². The molecular weight excluding hydrogens is 352 g/mol. The number of rotatable bonds is 7. The molecule has 0 aliphatic heterocycles. The SMILES string of the molecule is CC(C)CCC[C@@H](C)[C@H]1CCC2=C(S(=O)(=O)c3ccccc3)CCC[C@@]21C. The lowest BCUT2D eigenvalue weighted by atomic mass is 9.66. The summed E-state index contributed by atoms with van der Waals surface area (Å²) in [6.07, 6.45) is 8.85. The molecule has 2 aliphatic rings. The molecule has 0 aromatic heterocycles. The molecule has 150 valence electrons. The van der Waals surface area contributed by atoms with Gasteiger partial charge in [0.25, 0.3) is 0 Å². The Balaban J connectivity index is 1.88. The highest BCUT2D eigenvalue weighted by molar-refractivity contribution is 7.95. The third-order valence-electron chi connectivity index (χ3n) is 7.16. The predicted molar refractivity (Wildman–Crippen MR) is 113 cm³/mol. The van der Waals surface area contributed by atoms with Crippen LogP contribution in [-0.2, 0) is 9.84 Å². The first-order valence-corrected chi connectivity index (χ1v) is 12.3. The van der Waals surface area contributed by atoms with E-state index < -0.39 is 9.84 Å². The van der Waals surface area contributed by atoms with Crippen LogP contribution < -0.4 is 0 Å². The van der Waals surface area contributed by atoms with Gasteiger partial charge in [0.15, 0.2) is 0 Å². The van der Waals surface area contributed by atoms with Gasteiger partial charge in [-0.15, -0.1) is 0 Å². The Morgan fingerprint density at radius 1 is 1.07 bits per heavy atom. The van der Waals surface area contributed by atoms with E-state index in [1.54, 1.807) is 12.1 Å². The smallest absolute Gasteiger partial charge is 0.202 e. The summed E-state index contributed by atoms with van der Waals surface area (Å²) in [5.74, 6) is 2.06. The van der Waals surface area contributed by atoms with Crippen LogP contribution in [0, 0.1) is 23.2 Å². The minimum absolute atomic E-state index is 0.0761. The first-order valence-electron chi connectivity index (χ1n) is 10.8. The molecule has 3 rings (SSSR count). The number of benzene rings is 1. The second kappa shape index (κ2) is 8.11. The molecule has 0 bridgehead atoms. The van der Waals surface area contributed by atoms with Crippen LogP contribution in [0.25, 0.3) is 0 Å². The predicted octanol–water partition coefficient (Wildman–Crippen LogP) is 6.78. The average Bonchev–Trinajstić information content (AvgIpc) is 2.99. The van der Waals surface area contributed by atoms with Gasteiger partial charge in [0.05, 0.1) is 4.90 Å². The van der Waals surface area contributed by atoms with Crippen molar-refractivity contribution in [3.63, 3.8) is 0 Å². The molecule has 2 nitrogen and oxygen atoms in total. The Hall–Kier alpha value is -1.09. The Morgan fingerprint density at radius 2 is 1.78 bits per heavy atom. The summed E-state index contributed by atoms with van der Waals surface area (Å²) in [5, 5.41) is 0. The van der Waals surface area contributed by atoms with E-state index >= 15 is 0 Å². The average molecular weight is 389 g/mol. The molecule has 2 aliphatic carbocycles. The van der Waals surface area contributed by atoms with Gasteiger partial charge in [-0.05, 0) is 73.0 Å². The van der Waals surface area contributed by atoms with Gasteiger partial charge in [-0.25, -0.2) is 8.42 Å². The molecule has 1 aromatic carbocycles. The fraction of sp³-hybridized carbons (Fsp3) is 0.667. The van der Waals surface area contributed by atoms with Gasteiger partial charge >= 0.3 is 0 Å². The number of sulfone groups is 1. The molecule has 3 atom stereocenters. The Kier molecular flexibility index (Phi) is 6.20. The van der Waals surface area contributed by atoms with Gasteiger partial charge in [0, 0.05) is 4.91 Å². The monoisotopic (exact) mass is 388 g/mol. The van der Waals surface area contributed by atoms with E-state index in [9.17, 15) is 8.42 Å². The molecule has 0 radical (unpaired) electrons. The fourth-order valence-corrected chi connectivity index (χ4v) is 7.56. The first-order chi connectivity index (χ1) is 12.8. The molecule has 0 heterocycles. The zero-order chi connectivity index (χ0) is 19.7. The molecule has 1 fully saturated rings. The quantitative estimate of drug-likeness (QED) is 0.516. The van der Waals surface area contributed by atoms with Gasteiger partial charge in [-0.2, -0.15) is 0 Å². The van der Waals surface area contributed by atoms with Gasteiger partial charge in [0.2, 0.25) is 9.84 Å². The second-order valence-electron chi connectivity index (χ2n) is 9.44. The lowest BCUT2D eigenvalue weighted by molar-refractivity contribution is 0.164. The van der Waals surface area contributed by atoms with Crippen LogP contribution in [0.4, 0.5) is 0 Å². The van der Waals surface area contributed by atoms with Crippen molar-refractivity contribution in [2.75, 3.05) is 0 Å². The van der Waals surface area contributed by atoms with Crippen LogP contribution in [0.3, 0.4) is 0 Å². The molecule has 1 saturated carbocycles. The van der Waals surface area contributed by atoms with Crippen LogP contribution in [0.15, 0.2) is 45.7 Å². The van der Waals surface area contributed by atoms with E-state index in [1.165, 1.54) is 24.8 Å². The molecule has 3 heteroatoms. The van der Waals surface area contributed by atoms with E-state index in [-0.39, 0.29) is 5.41 Å². The summed E-state index contributed by atoms with van der Waals surface area (Å²) in [7, 11) is -3.35. The van der Waals surface area contributed by atoms with Gasteiger partial charge in [-0.3, -0.25) is 0 Å². The van der Waals surface area contributed by atoms with E-state index in [0.717, 1.165) is 42.9 Å². The van der Waals surface area contributed by atoms with Crippen molar-refractivity contribution < 1.29 is 8.42 Å². The summed E-state index contributed by atoms with van der Waals surface area (Å²) < 4.78 is 26.7. The van der Waals surface area contributed by atoms with Crippen molar-refractivity contribution >= 4 is 9.84 Å². The molecule has 0 spiro atoms. The fourth-order valence-electron chi connectivity index (χ4n) is 5.69. The van der Waals surface area contributed by atoms with Crippen molar-refractivity contribution in [2.24, 2.45) is 23.2 Å². The molecule has 27 heavy (non-hydrogen) atoms. The maximum Gasteiger partial charge on any atom is 0.202 e. The molecule has 0 saturated heterocycles. The van der Waals surface area contributed by atoms with Crippen LogP contribution in [0.5, 0.6) is 0 Å². The van der Waals surface area contributed by atoms with Crippen molar-refractivity contribution in [3.05, 3.63) is 40.8 Å². The summed E-state index contributed by atoms with van der Waals surface area (Å²) in [6, 6.07) is 9.03. The minimum Gasteiger partial charge on any atom is -0.219 e. The van der Waals surface area contributed by atoms with Crippen LogP contribution in [-0.4, -0.2) is 8.42 Å². The van der Waals surface area contributed by atoms with E-state index in [1.807, 2.05) is 18.2 Å². The van der Waals surface area contributed by atoms with Gasteiger partial charge < -0.3 is 0 Å². The largest absolute Gasteiger partial charge is 0.219 e. The Bertz CT molecular complexity index is 776. The topological polar surface area (TPSA) is 34.1 Å². The molecule has 0 N–H and O–H groups in total. The number of allylic oxidation sites excluding steroid dienone is 2. The normalized spacial score (nSPS) is 27.1. The van der Waals surface area contributed by atoms with Crippen molar-refractivity contribution in [1.29, 1.82) is 0 Å². The van der Waals surface area contributed by atoms with E-state index in [4.69, 9.17) is 0 Å². The Morgan fingerprint density at radius 3 is 2.44 bits per heavy atom. The van der Waals surface area contributed by atoms with E-state index in [0.29, 0.717) is 16.7 Å². The van der Waals surface area contributed by atoms with Crippen LogP contribution in [0.1, 0.15) is 79.1 Å². The van der Waals surface area contributed by atoms with Gasteiger partial charge in [-0.1, -0.05) is 65.2 Å². The summed E-state index contributed by atoms with van der Waals surface area (Å²) >= 11 is 0. The second-order valence-corrected chi connectivity index (χ2v) is 11.4. The zero-order valence-electron chi connectivity index (χ0n) is 17.5. The third-order valence-corrected chi connectivity index (χ3v) is 9.15. The maximum absolute atomic E-state index is 13.3. The van der Waals surface area contributed by atoms with Crippen molar-refractivity contribution in [2.45, 2.75) is 84.0 Å². The maximum atomic E-state index is 13.3. The lowest BCUT2D eigenvalue weighted by Crippen LogP contribution is -2.32. The number of fused-ring (bicyclic) bond motifs is 1. The third kappa shape index (κ3) is 4.04.